The van der Waals surface area contributed by atoms with Gasteiger partial charge in [-0.2, -0.15) is 5.26 Å². The van der Waals surface area contributed by atoms with E-state index in [4.69, 9.17) is 33.5 Å². The van der Waals surface area contributed by atoms with Crippen LogP contribution in [-0.4, -0.2) is 69.1 Å². The minimum Gasteiger partial charge on any atom is -0.394 e. The lowest BCUT2D eigenvalue weighted by Gasteiger charge is -2.37. The van der Waals surface area contributed by atoms with Crippen molar-refractivity contribution < 1.29 is 18.3 Å². The molecule has 2 aromatic rings. The predicted octanol–water partition coefficient (Wildman–Crippen LogP) is 2.03. The third-order valence-electron chi connectivity index (χ3n) is 4.45. The molecular weight excluding hydrogens is 439 g/mol. The van der Waals surface area contributed by atoms with E-state index in [1.54, 1.807) is 6.07 Å². The number of anilines is 3. The van der Waals surface area contributed by atoms with Gasteiger partial charge in [0, 0.05) is 24.5 Å². The van der Waals surface area contributed by atoms with E-state index >= 15 is 0 Å². The van der Waals surface area contributed by atoms with Crippen LogP contribution in [0.15, 0.2) is 24.5 Å². The lowest BCUT2D eigenvalue weighted by atomic mass is 9.52. The maximum Gasteiger partial charge on any atom is 0.255 e. The molecule has 0 bridgehead atoms. The van der Waals surface area contributed by atoms with E-state index in [2.05, 4.69) is 25.9 Å². The molecule has 8 nitrogen and oxygen atoms in total. The Morgan fingerprint density at radius 2 is 1.91 bits per heavy atom. The molecule has 0 saturated carbocycles. The van der Waals surface area contributed by atoms with Gasteiger partial charge in [-0.05, 0) is 39.1 Å². The lowest BCUT2D eigenvalue weighted by Crippen LogP contribution is -2.51. The van der Waals surface area contributed by atoms with Crippen LogP contribution >= 0.6 is 0 Å². The molecule has 0 spiro atoms. The Kier molecular flexibility index (Phi) is 8.67. The highest BCUT2D eigenvalue weighted by Crippen LogP contribution is 2.24. The van der Waals surface area contributed by atoms with E-state index in [1.165, 1.54) is 32.3 Å². The molecule has 2 aromatic heterocycles. The van der Waals surface area contributed by atoms with Crippen LogP contribution in [0, 0.1) is 17.1 Å². The van der Waals surface area contributed by atoms with Gasteiger partial charge in [-0.15, -0.1) is 0 Å². The Morgan fingerprint density at radius 1 is 1.24 bits per heavy atom. The van der Waals surface area contributed by atoms with Crippen molar-refractivity contribution in [2.45, 2.75) is 50.8 Å². The van der Waals surface area contributed by atoms with Crippen molar-refractivity contribution in [3.05, 3.63) is 41.5 Å². The van der Waals surface area contributed by atoms with Gasteiger partial charge in [-0.3, -0.25) is 4.79 Å². The number of nitrogens with one attached hydrogen (secondary N) is 3. The quantitative estimate of drug-likeness (QED) is 0.464. The van der Waals surface area contributed by atoms with Crippen LogP contribution in [0.2, 0.25) is 0 Å². The molecule has 0 aliphatic carbocycles. The number of nitrogens with zero attached hydrogens (tertiary/aromatic N) is 3. The van der Waals surface area contributed by atoms with E-state index in [0.29, 0.717) is 5.69 Å². The Hall–Kier alpha value is -3.13. The molecule has 0 aliphatic rings. The van der Waals surface area contributed by atoms with E-state index in [0.717, 1.165) is 6.07 Å². The fourth-order valence-corrected chi connectivity index (χ4v) is 2.89. The number of nitriles is 1. The van der Waals surface area contributed by atoms with Crippen LogP contribution in [0.25, 0.3) is 0 Å². The fourth-order valence-electron chi connectivity index (χ4n) is 2.89. The second kappa shape index (κ2) is 10.9. The van der Waals surface area contributed by atoms with Crippen molar-refractivity contribution >= 4 is 46.8 Å². The molecule has 3 N–H and O–H groups in total. The van der Waals surface area contributed by atoms with Gasteiger partial charge in [0.25, 0.3) is 5.91 Å². The first-order valence-electron chi connectivity index (χ1n) is 10.3. The topological polar surface area (TPSA) is 112 Å². The monoisotopic (exact) mass is 462 g/mol. The highest BCUT2D eigenvalue weighted by atomic mass is 19.1. The number of pyridine rings is 2. The summed E-state index contributed by atoms with van der Waals surface area (Å²) < 4.78 is 34.0. The van der Waals surface area contributed by atoms with E-state index in [1.807, 2.05) is 13.8 Å². The molecule has 6 radical (unpaired) electrons. The summed E-state index contributed by atoms with van der Waals surface area (Å²) in [6.07, 6.45) is 0.777. The molecule has 172 valence electrons. The Morgan fingerprint density at radius 3 is 2.47 bits per heavy atom. The zero-order chi connectivity index (χ0) is 25.7. The first kappa shape index (κ1) is 27.1. The molecule has 13 heteroatoms. The predicted molar refractivity (Wildman–Crippen MR) is 128 cm³/mol. The average molecular weight is 462 g/mol. The van der Waals surface area contributed by atoms with Crippen molar-refractivity contribution in [2.24, 2.45) is 0 Å². The van der Waals surface area contributed by atoms with Crippen molar-refractivity contribution in [1.82, 2.24) is 15.3 Å². The number of aromatic nitrogens is 2. The van der Waals surface area contributed by atoms with Crippen LogP contribution in [0.3, 0.4) is 0 Å². The zero-order valence-electron chi connectivity index (χ0n) is 19.3. The van der Waals surface area contributed by atoms with Crippen LogP contribution in [0.1, 0.15) is 43.6 Å². The second-order valence-corrected chi connectivity index (χ2v) is 8.44. The normalized spacial score (nSPS) is 12.6. The van der Waals surface area contributed by atoms with Crippen molar-refractivity contribution in [2.75, 3.05) is 17.2 Å². The number of alkyl halides is 1. The van der Waals surface area contributed by atoms with Gasteiger partial charge < -0.3 is 20.7 Å². The highest BCUT2D eigenvalue weighted by molar-refractivity contribution is 6.58. The highest BCUT2D eigenvalue weighted by Gasteiger charge is 2.34. The minimum absolute atomic E-state index is 0.0695. The van der Waals surface area contributed by atoms with Gasteiger partial charge in [0.2, 0.25) is 0 Å². The van der Waals surface area contributed by atoms with Gasteiger partial charge in [0.05, 0.1) is 52.5 Å². The number of hydrogen-bond acceptors (Lipinski definition) is 7. The standard InChI is InChI=1S/C21H23B3F2N6O2/c1-11(2)31-15-6-17(32-18-14(25)5-12(7-27)8-29-18)28-9-13(15)19(33)30-10-16(26)20(3,4)34-21(22,23)24/h5-6,8-9,11,16H,10H2,1-4H3,(H,30,33)(H2,28,29,31,32)/t16-/m1/s1. The lowest BCUT2D eigenvalue weighted by molar-refractivity contribution is -0.0753. The molecule has 0 aromatic carbocycles. The third kappa shape index (κ3) is 7.73. The minimum atomic E-state index is -2.04. The number of rotatable bonds is 10. The van der Waals surface area contributed by atoms with E-state index in [-0.39, 0.29) is 28.8 Å². The van der Waals surface area contributed by atoms with Gasteiger partial charge in [0.15, 0.2) is 11.6 Å². The van der Waals surface area contributed by atoms with Gasteiger partial charge in [0.1, 0.15) is 18.1 Å². The first-order valence-corrected chi connectivity index (χ1v) is 10.3. The number of halogens is 2. The average Bonchev–Trinajstić information content (AvgIpc) is 2.71. The van der Waals surface area contributed by atoms with Gasteiger partial charge in [-0.1, -0.05) is 0 Å². The van der Waals surface area contributed by atoms with Crippen LogP contribution in [0.5, 0.6) is 0 Å². The van der Waals surface area contributed by atoms with Crippen molar-refractivity contribution in [3.63, 3.8) is 0 Å². The van der Waals surface area contributed by atoms with Crippen molar-refractivity contribution in [1.29, 1.82) is 5.26 Å². The smallest absolute Gasteiger partial charge is 0.255 e. The summed E-state index contributed by atoms with van der Waals surface area (Å²) in [6, 6.07) is 4.25. The maximum absolute atomic E-state index is 14.7. The maximum atomic E-state index is 14.7. The molecule has 2 rings (SSSR count). The summed E-state index contributed by atoms with van der Waals surface area (Å²) in [5, 5.41) is 15.1. The largest absolute Gasteiger partial charge is 0.394 e. The molecule has 0 aliphatic heterocycles. The summed E-state index contributed by atoms with van der Waals surface area (Å²) >= 11 is 0. The third-order valence-corrected chi connectivity index (χ3v) is 4.45. The molecule has 0 fully saturated rings. The Labute approximate surface area is 201 Å². The number of carbonyl (C=O) groups excluding carboxylic acids is 1. The van der Waals surface area contributed by atoms with Crippen LogP contribution in [0.4, 0.5) is 26.1 Å². The fraction of sp³-hybridized carbons (Fsp3) is 0.429. The number of ether oxygens (including phenoxy) is 1. The SMILES string of the molecule is [B]C([B])([B])OC(C)(C)[C@H](F)CNC(=O)c1cnc(Nc2ncc(C#N)cc2F)cc1NC(C)C. The summed E-state index contributed by atoms with van der Waals surface area (Å²) in [5.74, 6) is -1.30. The van der Waals surface area contributed by atoms with Crippen molar-refractivity contribution in [3.8, 4) is 6.07 Å². The summed E-state index contributed by atoms with van der Waals surface area (Å²) in [7, 11) is 16.1. The molecule has 0 unspecified atom stereocenters. The number of carbonyl (C=O) groups is 1. The Balaban J connectivity index is 2.19. The van der Waals surface area contributed by atoms with Gasteiger partial charge in [-0.25, -0.2) is 18.7 Å². The van der Waals surface area contributed by atoms with E-state index in [9.17, 15) is 13.6 Å². The first-order chi connectivity index (χ1) is 15.7. The molecule has 2 heterocycles. The van der Waals surface area contributed by atoms with Gasteiger partial charge >= 0.3 is 0 Å². The van der Waals surface area contributed by atoms with Crippen LogP contribution in [-0.2, 0) is 4.74 Å². The van der Waals surface area contributed by atoms with Crippen LogP contribution < -0.4 is 16.0 Å². The summed E-state index contributed by atoms with van der Waals surface area (Å²) in [6.45, 7) is 6.09. The Bertz CT molecular complexity index is 1070. The summed E-state index contributed by atoms with van der Waals surface area (Å²) in [5.41, 5.74) is -0.909. The number of amides is 1. The molecule has 1 amide bonds. The number of hydrogen-bond donors (Lipinski definition) is 3. The van der Waals surface area contributed by atoms with E-state index < -0.39 is 35.3 Å². The molecular formula is C21H23B3F2N6O2. The molecule has 1 atom stereocenters. The molecule has 0 saturated heterocycles. The summed E-state index contributed by atoms with van der Waals surface area (Å²) in [4.78, 5) is 20.7. The second-order valence-electron chi connectivity index (χ2n) is 8.44. The zero-order valence-corrected chi connectivity index (χ0v) is 19.3. The molecule has 34 heavy (non-hydrogen) atoms.